The van der Waals surface area contributed by atoms with E-state index in [9.17, 15) is 0 Å². The van der Waals surface area contributed by atoms with Gasteiger partial charge < -0.3 is 4.42 Å². The molecular formula is C18H14O. The average Bonchev–Trinajstić information content (AvgIpc) is 2.76. The molecule has 92 valence electrons. The van der Waals surface area contributed by atoms with Gasteiger partial charge in [0, 0.05) is 10.8 Å². The summed E-state index contributed by atoms with van der Waals surface area (Å²) in [6, 6.07) is 17.2. The zero-order chi connectivity index (χ0) is 13.0. The molecule has 4 rings (SSSR count). The predicted molar refractivity (Wildman–Crippen MR) is 80.7 cm³/mol. The Labute approximate surface area is 111 Å². The van der Waals surface area contributed by atoms with Crippen LogP contribution in [-0.4, -0.2) is 0 Å². The second-order valence-corrected chi connectivity index (χ2v) is 5.26. The number of benzene rings is 3. The molecule has 0 bridgehead atoms. The van der Waals surface area contributed by atoms with Crippen molar-refractivity contribution in [3.05, 3.63) is 59.7 Å². The first-order chi connectivity index (χ1) is 9.22. The van der Waals surface area contributed by atoms with Gasteiger partial charge in [0.2, 0.25) is 0 Å². The van der Waals surface area contributed by atoms with Crippen molar-refractivity contribution in [1.29, 1.82) is 0 Å². The summed E-state index contributed by atoms with van der Waals surface area (Å²) in [5.74, 6) is 0. The fourth-order valence-corrected chi connectivity index (χ4v) is 2.84. The molecule has 1 heterocycles. The van der Waals surface area contributed by atoms with Crippen molar-refractivity contribution in [3.63, 3.8) is 0 Å². The van der Waals surface area contributed by atoms with Gasteiger partial charge in [0.1, 0.15) is 11.2 Å². The minimum absolute atomic E-state index is 0.966. The van der Waals surface area contributed by atoms with Crippen LogP contribution in [0.1, 0.15) is 11.1 Å². The topological polar surface area (TPSA) is 13.1 Å². The molecule has 1 heteroatoms. The van der Waals surface area contributed by atoms with Crippen LogP contribution < -0.4 is 0 Å². The summed E-state index contributed by atoms with van der Waals surface area (Å²) < 4.78 is 5.95. The molecule has 0 N–H and O–H groups in total. The molecule has 19 heavy (non-hydrogen) atoms. The summed E-state index contributed by atoms with van der Waals surface area (Å²) in [4.78, 5) is 0. The molecule has 0 aliphatic heterocycles. The van der Waals surface area contributed by atoms with Crippen LogP contribution in [0.2, 0.25) is 0 Å². The van der Waals surface area contributed by atoms with Crippen LogP contribution in [0.25, 0.3) is 32.7 Å². The van der Waals surface area contributed by atoms with Crippen molar-refractivity contribution in [2.75, 3.05) is 0 Å². The third-order valence-corrected chi connectivity index (χ3v) is 3.76. The lowest BCUT2D eigenvalue weighted by Gasteiger charge is -2.01. The van der Waals surface area contributed by atoms with Crippen molar-refractivity contribution in [1.82, 2.24) is 0 Å². The maximum absolute atomic E-state index is 5.95. The summed E-state index contributed by atoms with van der Waals surface area (Å²) in [5, 5.41) is 4.99. The maximum Gasteiger partial charge on any atom is 0.136 e. The fraction of sp³-hybridized carbons (Fsp3) is 0.111. The van der Waals surface area contributed by atoms with Gasteiger partial charge in [-0.25, -0.2) is 0 Å². The molecule has 0 fully saturated rings. The smallest absolute Gasteiger partial charge is 0.136 e. The molecule has 0 saturated heterocycles. The third kappa shape index (κ3) is 1.48. The van der Waals surface area contributed by atoms with Gasteiger partial charge in [-0.3, -0.25) is 0 Å². The quantitative estimate of drug-likeness (QED) is 0.407. The van der Waals surface area contributed by atoms with E-state index in [1.165, 1.54) is 32.7 Å². The molecule has 0 aliphatic carbocycles. The Hall–Kier alpha value is -2.28. The Kier molecular flexibility index (Phi) is 2.02. The Morgan fingerprint density at radius 3 is 2.32 bits per heavy atom. The zero-order valence-corrected chi connectivity index (χ0v) is 11.0. The third-order valence-electron chi connectivity index (χ3n) is 3.76. The molecule has 1 nitrogen and oxygen atoms in total. The number of aryl methyl sites for hydroxylation is 2. The van der Waals surface area contributed by atoms with Crippen molar-refractivity contribution in [2.24, 2.45) is 0 Å². The van der Waals surface area contributed by atoms with E-state index in [-0.39, 0.29) is 0 Å². The fourth-order valence-electron chi connectivity index (χ4n) is 2.84. The molecule has 4 aromatic rings. The summed E-state index contributed by atoms with van der Waals surface area (Å²) >= 11 is 0. The summed E-state index contributed by atoms with van der Waals surface area (Å²) in [6.45, 7) is 4.24. The van der Waals surface area contributed by atoms with E-state index in [0.717, 1.165) is 11.2 Å². The van der Waals surface area contributed by atoms with Crippen LogP contribution in [0.5, 0.6) is 0 Å². The van der Waals surface area contributed by atoms with Crippen LogP contribution in [0.4, 0.5) is 0 Å². The highest BCUT2D eigenvalue weighted by Gasteiger charge is 2.10. The molecule has 0 amide bonds. The highest BCUT2D eigenvalue weighted by atomic mass is 16.3. The number of hydrogen-bond donors (Lipinski definition) is 0. The van der Waals surface area contributed by atoms with Crippen LogP contribution in [0.3, 0.4) is 0 Å². The largest absolute Gasteiger partial charge is 0.456 e. The summed E-state index contributed by atoms with van der Waals surface area (Å²) in [5.41, 5.74) is 4.49. The first-order valence-corrected chi connectivity index (χ1v) is 6.54. The van der Waals surface area contributed by atoms with Gasteiger partial charge in [-0.2, -0.15) is 0 Å². The first kappa shape index (κ1) is 10.6. The SMILES string of the molecule is Cc1ccc2c(ccc3oc4ccc(C)cc4c32)c1. The average molecular weight is 246 g/mol. The molecule has 0 unspecified atom stereocenters. The van der Waals surface area contributed by atoms with E-state index < -0.39 is 0 Å². The Morgan fingerprint density at radius 1 is 0.684 bits per heavy atom. The molecule has 0 aliphatic rings. The van der Waals surface area contributed by atoms with Gasteiger partial charge in [0.15, 0.2) is 0 Å². The minimum atomic E-state index is 0.966. The van der Waals surface area contributed by atoms with Gasteiger partial charge >= 0.3 is 0 Å². The van der Waals surface area contributed by atoms with Crippen molar-refractivity contribution in [2.45, 2.75) is 13.8 Å². The first-order valence-electron chi connectivity index (χ1n) is 6.54. The van der Waals surface area contributed by atoms with Gasteiger partial charge in [0.25, 0.3) is 0 Å². The van der Waals surface area contributed by atoms with Gasteiger partial charge in [-0.05, 0) is 42.8 Å². The van der Waals surface area contributed by atoms with Crippen LogP contribution >= 0.6 is 0 Å². The van der Waals surface area contributed by atoms with E-state index in [1.807, 2.05) is 0 Å². The second kappa shape index (κ2) is 3.61. The number of rotatable bonds is 0. The van der Waals surface area contributed by atoms with Gasteiger partial charge in [-0.1, -0.05) is 41.5 Å². The lowest BCUT2D eigenvalue weighted by molar-refractivity contribution is 0.669. The van der Waals surface area contributed by atoms with E-state index in [1.54, 1.807) is 0 Å². The molecular weight excluding hydrogens is 232 g/mol. The maximum atomic E-state index is 5.95. The summed E-state index contributed by atoms with van der Waals surface area (Å²) in [7, 11) is 0. The molecule has 0 spiro atoms. The number of fused-ring (bicyclic) bond motifs is 5. The Morgan fingerprint density at radius 2 is 1.42 bits per heavy atom. The zero-order valence-electron chi connectivity index (χ0n) is 11.0. The van der Waals surface area contributed by atoms with Crippen molar-refractivity contribution < 1.29 is 4.42 Å². The minimum Gasteiger partial charge on any atom is -0.456 e. The highest BCUT2D eigenvalue weighted by molar-refractivity contribution is 6.18. The normalized spacial score (nSPS) is 11.7. The number of furan rings is 1. The second-order valence-electron chi connectivity index (χ2n) is 5.26. The lowest BCUT2D eigenvalue weighted by atomic mass is 10.0. The molecule has 0 saturated carbocycles. The molecule has 1 aromatic heterocycles. The molecule has 0 radical (unpaired) electrons. The van der Waals surface area contributed by atoms with E-state index >= 15 is 0 Å². The highest BCUT2D eigenvalue weighted by Crippen LogP contribution is 2.35. The summed E-state index contributed by atoms with van der Waals surface area (Å²) in [6.07, 6.45) is 0. The lowest BCUT2D eigenvalue weighted by Crippen LogP contribution is -1.77. The monoisotopic (exact) mass is 246 g/mol. The molecule has 3 aromatic carbocycles. The Balaban J connectivity index is 2.30. The van der Waals surface area contributed by atoms with Gasteiger partial charge in [-0.15, -0.1) is 0 Å². The number of hydrogen-bond acceptors (Lipinski definition) is 1. The van der Waals surface area contributed by atoms with E-state index in [2.05, 4.69) is 62.4 Å². The van der Waals surface area contributed by atoms with E-state index in [0.29, 0.717) is 0 Å². The van der Waals surface area contributed by atoms with E-state index in [4.69, 9.17) is 4.42 Å². The van der Waals surface area contributed by atoms with Crippen molar-refractivity contribution >= 4 is 32.7 Å². The molecule has 0 atom stereocenters. The standard InChI is InChI=1S/C18H14O/c1-11-3-6-14-13(9-11)5-8-17-18(14)15-10-12(2)4-7-16(15)19-17/h3-10H,1-2H3. The van der Waals surface area contributed by atoms with Crippen LogP contribution in [0, 0.1) is 13.8 Å². The van der Waals surface area contributed by atoms with Crippen molar-refractivity contribution in [3.8, 4) is 0 Å². The predicted octanol–water partition coefficient (Wildman–Crippen LogP) is 5.36. The van der Waals surface area contributed by atoms with Crippen LogP contribution in [-0.2, 0) is 0 Å². The van der Waals surface area contributed by atoms with Crippen LogP contribution in [0.15, 0.2) is 52.9 Å². The Bertz CT molecular complexity index is 929. The van der Waals surface area contributed by atoms with Gasteiger partial charge in [0.05, 0.1) is 0 Å².